The lowest BCUT2D eigenvalue weighted by Gasteiger charge is -2.26. The lowest BCUT2D eigenvalue weighted by molar-refractivity contribution is 0.118. The average Bonchev–Trinajstić information content (AvgIpc) is 2.99. The van der Waals surface area contributed by atoms with Gasteiger partial charge in [-0.2, -0.15) is 0 Å². The molecule has 0 aromatic carbocycles. The highest BCUT2D eigenvalue weighted by Crippen LogP contribution is 2.35. The Morgan fingerprint density at radius 3 is 2.78 bits per heavy atom. The van der Waals surface area contributed by atoms with Crippen molar-refractivity contribution in [3.8, 4) is 0 Å². The van der Waals surface area contributed by atoms with Gasteiger partial charge in [-0.3, -0.25) is 0 Å². The third-order valence-corrected chi connectivity index (χ3v) is 3.54. The summed E-state index contributed by atoms with van der Waals surface area (Å²) in [6.07, 6.45) is 9.13. The Labute approximate surface area is 104 Å². The van der Waals surface area contributed by atoms with Crippen LogP contribution in [0.3, 0.4) is 0 Å². The standard InChI is InChI=1S/C12H15N5O/c13-10-9-11(15-7-14-10)17(8-16-9)5-12(6-18)3-1-2-4-12/h1-2,7-8,18H,3-6H2,(H2,13,14,15). The van der Waals surface area contributed by atoms with E-state index in [-0.39, 0.29) is 12.0 Å². The Bertz CT molecular complexity index is 596. The van der Waals surface area contributed by atoms with E-state index in [0.717, 1.165) is 18.5 Å². The molecule has 2 aromatic rings. The van der Waals surface area contributed by atoms with Gasteiger partial charge < -0.3 is 15.4 Å². The zero-order valence-corrected chi connectivity index (χ0v) is 9.95. The van der Waals surface area contributed by atoms with Gasteiger partial charge in [0.15, 0.2) is 11.5 Å². The SMILES string of the molecule is Nc1ncnc2c1ncn2CC1(CO)CC=CC1. The number of aromatic nitrogens is 4. The fourth-order valence-electron chi connectivity index (χ4n) is 2.43. The predicted molar refractivity (Wildman–Crippen MR) is 67.6 cm³/mol. The summed E-state index contributed by atoms with van der Waals surface area (Å²) in [7, 11) is 0. The zero-order valence-electron chi connectivity index (χ0n) is 9.95. The van der Waals surface area contributed by atoms with E-state index in [1.807, 2.05) is 4.57 Å². The molecule has 6 nitrogen and oxygen atoms in total. The van der Waals surface area contributed by atoms with Crippen molar-refractivity contribution in [3.05, 3.63) is 24.8 Å². The van der Waals surface area contributed by atoms with Gasteiger partial charge in [-0.25, -0.2) is 15.0 Å². The molecule has 0 saturated heterocycles. The van der Waals surface area contributed by atoms with Gasteiger partial charge in [-0.15, -0.1) is 0 Å². The van der Waals surface area contributed by atoms with Crippen molar-refractivity contribution < 1.29 is 5.11 Å². The molecule has 0 bridgehead atoms. The predicted octanol–water partition coefficient (Wildman–Crippen LogP) is 0.737. The van der Waals surface area contributed by atoms with Crippen LogP contribution in [0.25, 0.3) is 11.2 Å². The summed E-state index contributed by atoms with van der Waals surface area (Å²) >= 11 is 0. The summed E-state index contributed by atoms with van der Waals surface area (Å²) in [4.78, 5) is 12.4. The van der Waals surface area contributed by atoms with Gasteiger partial charge in [0.25, 0.3) is 0 Å². The minimum Gasteiger partial charge on any atom is -0.396 e. The van der Waals surface area contributed by atoms with Crippen molar-refractivity contribution in [3.63, 3.8) is 0 Å². The lowest BCUT2D eigenvalue weighted by Crippen LogP contribution is -2.27. The van der Waals surface area contributed by atoms with Crippen LogP contribution in [0.1, 0.15) is 12.8 Å². The highest BCUT2D eigenvalue weighted by molar-refractivity contribution is 5.81. The second-order valence-electron chi connectivity index (χ2n) is 4.84. The Morgan fingerprint density at radius 1 is 1.28 bits per heavy atom. The first kappa shape index (κ1) is 11.2. The average molecular weight is 245 g/mol. The van der Waals surface area contributed by atoms with Crippen LogP contribution in [-0.2, 0) is 6.54 Å². The van der Waals surface area contributed by atoms with Gasteiger partial charge >= 0.3 is 0 Å². The molecule has 1 aliphatic rings. The smallest absolute Gasteiger partial charge is 0.165 e. The second-order valence-corrected chi connectivity index (χ2v) is 4.84. The van der Waals surface area contributed by atoms with Gasteiger partial charge in [0.1, 0.15) is 11.8 Å². The number of fused-ring (bicyclic) bond motifs is 1. The van der Waals surface area contributed by atoms with E-state index in [2.05, 4.69) is 27.1 Å². The van der Waals surface area contributed by atoms with Crippen molar-refractivity contribution in [2.24, 2.45) is 5.41 Å². The molecule has 1 aliphatic carbocycles. The van der Waals surface area contributed by atoms with E-state index in [0.29, 0.717) is 17.9 Å². The Morgan fingerprint density at radius 2 is 2.06 bits per heavy atom. The molecule has 0 aliphatic heterocycles. The number of imidazole rings is 1. The van der Waals surface area contributed by atoms with Gasteiger partial charge in [0.2, 0.25) is 0 Å². The highest BCUT2D eigenvalue weighted by Gasteiger charge is 2.31. The van der Waals surface area contributed by atoms with Crippen LogP contribution >= 0.6 is 0 Å². The molecule has 18 heavy (non-hydrogen) atoms. The van der Waals surface area contributed by atoms with Crippen molar-refractivity contribution in [2.75, 3.05) is 12.3 Å². The molecular weight excluding hydrogens is 230 g/mol. The molecule has 3 N–H and O–H groups in total. The van der Waals surface area contributed by atoms with E-state index < -0.39 is 0 Å². The second kappa shape index (κ2) is 4.06. The summed E-state index contributed by atoms with van der Waals surface area (Å²) in [5.74, 6) is 0.390. The van der Waals surface area contributed by atoms with E-state index >= 15 is 0 Å². The fraction of sp³-hybridized carbons (Fsp3) is 0.417. The molecule has 0 fully saturated rings. The van der Waals surface area contributed by atoms with Crippen LogP contribution in [0, 0.1) is 5.41 Å². The minimum atomic E-state index is -0.132. The van der Waals surface area contributed by atoms with Gasteiger partial charge in [0, 0.05) is 12.0 Å². The Kier molecular flexibility index (Phi) is 2.52. The van der Waals surface area contributed by atoms with E-state index in [4.69, 9.17) is 5.73 Å². The maximum Gasteiger partial charge on any atom is 0.165 e. The van der Waals surface area contributed by atoms with Crippen molar-refractivity contribution in [2.45, 2.75) is 19.4 Å². The number of hydrogen-bond acceptors (Lipinski definition) is 5. The molecule has 2 heterocycles. The first-order valence-corrected chi connectivity index (χ1v) is 5.91. The number of allylic oxidation sites excluding steroid dienone is 2. The van der Waals surface area contributed by atoms with Crippen LogP contribution in [-0.4, -0.2) is 31.2 Å². The molecule has 0 unspecified atom stereocenters. The summed E-state index contributed by atoms with van der Waals surface area (Å²) in [6, 6.07) is 0. The summed E-state index contributed by atoms with van der Waals surface area (Å²) in [5.41, 5.74) is 6.97. The third-order valence-electron chi connectivity index (χ3n) is 3.54. The molecule has 0 radical (unpaired) electrons. The van der Waals surface area contributed by atoms with E-state index in [1.54, 1.807) is 6.33 Å². The molecule has 94 valence electrons. The van der Waals surface area contributed by atoms with Crippen molar-refractivity contribution in [1.29, 1.82) is 0 Å². The number of nitrogens with two attached hydrogens (primary N) is 1. The summed E-state index contributed by atoms with van der Waals surface area (Å²) < 4.78 is 1.94. The molecule has 0 amide bonds. The number of anilines is 1. The molecule has 0 atom stereocenters. The molecular formula is C12H15N5O. The molecule has 0 saturated carbocycles. The van der Waals surface area contributed by atoms with Crippen LogP contribution in [0.2, 0.25) is 0 Å². The quantitative estimate of drug-likeness (QED) is 0.778. The summed E-state index contributed by atoms with van der Waals surface area (Å²) in [6.45, 7) is 0.837. The number of nitrogen functional groups attached to an aromatic ring is 1. The molecule has 6 heteroatoms. The van der Waals surface area contributed by atoms with Crippen LogP contribution in [0.5, 0.6) is 0 Å². The number of nitrogens with zero attached hydrogens (tertiary/aromatic N) is 4. The van der Waals surface area contributed by atoms with Gasteiger partial charge in [0.05, 0.1) is 12.9 Å². The van der Waals surface area contributed by atoms with Crippen LogP contribution < -0.4 is 5.73 Å². The normalized spacial score (nSPS) is 17.6. The maximum atomic E-state index is 9.61. The first-order valence-electron chi connectivity index (χ1n) is 5.91. The Balaban J connectivity index is 1.98. The van der Waals surface area contributed by atoms with Crippen LogP contribution in [0.4, 0.5) is 5.82 Å². The maximum absolute atomic E-state index is 9.61. The number of hydrogen-bond donors (Lipinski definition) is 2. The number of aliphatic hydroxyl groups excluding tert-OH is 1. The largest absolute Gasteiger partial charge is 0.396 e. The topological polar surface area (TPSA) is 89.9 Å². The Hall–Kier alpha value is -1.95. The van der Waals surface area contributed by atoms with Gasteiger partial charge in [-0.1, -0.05) is 12.2 Å². The summed E-state index contributed by atoms with van der Waals surface area (Å²) in [5, 5.41) is 9.61. The fourth-order valence-corrected chi connectivity index (χ4v) is 2.43. The zero-order chi connectivity index (χ0) is 12.6. The first-order chi connectivity index (χ1) is 8.74. The van der Waals surface area contributed by atoms with Crippen molar-refractivity contribution >= 4 is 17.0 Å². The monoisotopic (exact) mass is 245 g/mol. The molecule has 2 aromatic heterocycles. The minimum absolute atomic E-state index is 0.132. The number of aliphatic hydroxyl groups is 1. The highest BCUT2D eigenvalue weighted by atomic mass is 16.3. The van der Waals surface area contributed by atoms with E-state index in [9.17, 15) is 5.11 Å². The van der Waals surface area contributed by atoms with Gasteiger partial charge in [-0.05, 0) is 12.8 Å². The number of rotatable bonds is 3. The molecule has 3 rings (SSSR count). The van der Waals surface area contributed by atoms with Crippen molar-refractivity contribution in [1.82, 2.24) is 19.5 Å². The molecule has 0 spiro atoms. The van der Waals surface area contributed by atoms with Crippen LogP contribution in [0.15, 0.2) is 24.8 Å². The lowest BCUT2D eigenvalue weighted by atomic mass is 9.86. The third kappa shape index (κ3) is 1.65. The van der Waals surface area contributed by atoms with E-state index in [1.165, 1.54) is 6.33 Å².